The molecule has 0 spiro atoms. The number of rotatable bonds is 3. The quantitative estimate of drug-likeness (QED) is 0.629. The van der Waals surface area contributed by atoms with E-state index >= 15 is 0 Å². The van der Waals surface area contributed by atoms with E-state index in [-0.39, 0.29) is 0 Å². The molecule has 0 radical (unpaired) electrons. The van der Waals surface area contributed by atoms with E-state index in [2.05, 4.69) is 31.2 Å². The fourth-order valence-corrected chi connectivity index (χ4v) is 2.58. The minimum absolute atomic E-state index is 0.772. The third-order valence-electron chi connectivity index (χ3n) is 3.69. The van der Waals surface area contributed by atoms with Gasteiger partial charge in [-0.15, -0.1) is 0 Å². The molecule has 0 amide bonds. The second-order valence-corrected chi connectivity index (χ2v) is 5.18. The molecule has 4 rings (SSSR count). The van der Waals surface area contributed by atoms with Gasteiger partial charge in [-0.2, -0.15) is 5.10 Å². The van der Waals surface area contributed by atoms with Gasteiger partial charge in [-0.05, 0) is 30.2 Å². The summed E-state index contributed by atoms with van der Waals surface area (Å²) in [6.07, 6.45) is 11.7. The molecule has 0 saturated heterocycles. The molecule has 4 heterocycles. The number of nitrogens with zero attached hydrogens (tertiary/aromatic N) is 5. The second kappa shape index (κ2) is 5.07. The predicted molar refractivity (Wildman–Crippen MR) is 82.8 cm³/mol. The second-order valence-electron chi connectivity index (χ2n) is 5.18. The largest absolute Gasteiger partial charge is 0.346 e. The molecule has 0 aliphatic carbocycles. The first-order valence-corrected chi connectivity index (χ1v) is 7.03. The van der Waals surface area contributed by atoms with Crippen molar-refractivity contribution in [2.24, 2.45) is 0 Å². The Hall–Kier alpha value is -3.02. The zero-order valence-corrected chi connectivity index (χ0v) is 12.1. The Labute approximate surface area is 126 Å². The molecule has 0 atom stereocenters. The highest BCUT2D eigenvalue weighted by Gasteiger charge is 2.10. The molecule has 0 aliphatic heterocycles. The lowest BCUT2D eigenvalue weighted by molar-refractivity contribution is 0.868. The van der Waals surface area contributed by atoms with Gasteiger partial charge in [-0.25, -0.2) is 19.6 Å². The summed E-state index contributed by atoms with van der Waals surface area (Å²) in [5.74, 6) is 0. The van der Waals surface area contributed by atoms with Crippen LogP contribution in [-0.2, 0) is 6.42 Å². The fourth-order valence-electron chi connectivity index (χ4n) is 2.58. The highest BCUT2D eigenvalue weighted by atomic mass is 15.3. The molecule has 0 aromatic carbocycles. The van der Waals surface area contributed by atoms with Gasteiger partial charge in [-0.1, -0.05) is 0 Å². The summed E-state index contributed by atoms with van der Waals surface area (Å²) in [6, 6.07) is 3.98. The molecule has 108 valence electrons. The molecule has 0 fully saturated rings. The Morgan fingerprint density at radius 2 is 2.05 bits per heavy atom. The first-order chi connectivity index (χ1) is 10.8. The van der Waals surface area contributed by atoms with Crippen molar-refractivity contribution in [3.63, 3.8) is 0 Å². The standard InChI is InChI=1S/C16H14N6/c1-11-13(6-12-7-17-10-18-8-12)9-22(21-11)15-3-5-20-16-14(15)2-4-19-16/h2-5,7-10H,6H2,1H3,(H,19,20). The summed E-state index contributed by atoms with van der Waals surface area (Å²) < 4.78 is 1.91. The Balaban J connectivity index is 1.75. The van der Waals surface area contributed by atoms with Gasteiger partial charge in [0, 0.05) is 42.8 Å². The van der Waals surface area contributed by atoms with Crippen molar-refractivity contribution >= 4 is 11.0 Å². The average Bonchev–Trinajstić information content (AvgIpc) is 3.15. The van der Waals surface area contributed by atoms with Crippen LogP contribution in [0.4, 0.5) is 0 Å². The van der Waals surface area contributed by atoms with Gasteiger partial charge in [0.2, 0.25) is 0 Å². The van der Waals surface area contributed by atoms with Crippen LogP contribution in [0.25, 0.3) is 16.7 Å². The minimum Gasteiger partial charge on any atom is -0.346 e. The molecule has 1 N–H and O–H groups in total. The van der Waals surface area contributed by atoms with Gasteiger partial charge in [-0.3, -0.25) is 0 Å². The van der Waals surface area contributed by atoms with E-state index < -0.39 is 0 Å². The SMILES string of the molecule is Cc1nn(-c2ccnc3[nH]ccc23)cc1Cc1cncnc1. The zero-order valence-electron chi connectivity index (χ0n) is 12.1. The Morgan fingerprint density at radius 3 is 2.91 bits per heavy atom. The molecule has 6 heteroatoms. The van der Waals surface area contributed by atoms with E-state index in [4.69, 9.17) is 0 Å². The van der Waals surface area contributed by atoms with E-state index in [0.717, 1.165) is 40.0 Å². The van der Waals surface area contributed by atoms with Gasteiger partial charge in [0.1, 0.15) is 12.0 Å². The number of hydrogen-bond donors (Lipinski definition) is 1. The van der Waals surface area contributed by atoms with Crippen LogP contribution >= 0.6 is 0 Å². The van der Waals surface area contributed by atoms with Gasteiger partial charge in [0.25, 0.3) is 0 Å². The molecular weight excluding hydrogens is 276 g/mol. The maximum Gasteiger partial charge on any atom is 0.139 e. The summed E-state index contributed by atoms with van der Waals surface area (Å²) in [5, 5.41) is 5.70. The van der Waals surface area contributed by atoms with Crippen LogP contribution in [0.2, 0.25) is 0 Å². The van der Waals surface area contributed by atoms with Crippen LogP contribution in [-0.4, -0.2) is 29.7 Å². The number of aromatic nitrogens is 6. The molecule has 6 nitrogen and oxygen atoms in total. The van der Waals surface area contributed by atoms with Crippen molar-refractivity contribution in [2.75, 3.05) is 0 Å². The van der Waals surface area contributed by atoms with Crippen LogP contribution in [0.15, 0.2) is 49.4 Å². The average molecular weight is 290 g/mol. The van der Waals surface area contributed by atoms with E-state index in [1.165, 1.54) is 0 Å². The maximum atomic E-state index is 4.64. The lowest BCUT2D eigenvalue weighted by Gasteiger charge is -2.02. The van der Waals surface area contributed by atoms with Crippen LogP contribution in [0, 0.1) is 6.92 Å². The van der Waals surface area contributed by atoms with Gasteiger partial charge in [0.05, 0.1) is 11.4 Å². The minimum atomic E-state index is 0.772. The van der Waals surface area contributed by atoms with Gasteiger partial charge < -0.3 is 4.98 Å². The number of nitrogens with one attached hydrogen (secondary N) is 1. The van der Waals surface area contributed by atoms with Crippen LogP contribution in [0.1, 0.15) is 16.8 Å². The smallest absolute Gasteiger partial charge is 0.139 e. The predicted octanol–water partition coefficient (Wildman–Crippen LogP) is 2.44. The molecule has 4 aromatic heterocycles. The van der Waals surface area contributed by atoms with Gasteiger partial charge in [0.15, 0.2) is 0 Å². The summed E-state index contributed by atoms with van der Waals surface area (Å²) in [7, 11) is 0. The lowest BCUT2D eigenvalue weighted by Crippen LogP contribution is -1.96. The van der Waals surface area contributed by atoms with Crippen LogP contribution < -0.4 is 0 Å². The molecule has 22 heavy (non-hydrogen) atoms. The van der Waals surface area contributed by atoms with Crippen LogP contribution in [0.5, 0.6) is 0 Å². The maximum absolute atomic E-state index is 4.64. The normalized spacial score (nSPS) is 11.1. The Morgan fingerprint density at radius 1 is 1.18 bits per heavy atom. The molecule has 0 saturated carbocycles. The number of aryl methyl sites for hydroxylation is 1. The van der Waals surface area contributed by atoms with Crippen molar-refractivity contribution in [3.05, 3.63) is 66.3 Å². The van der Waals surface area contributed by atoms with E-state index in [0.29, 0.717) is 0 Å². The third kappa shape index (κ3) is 2.14. The summed E-state index contributed by atoms with van der Waals surface area (Å²) in [5.41, 5.74) is 5.12. The number of fused-ring (bicyclic) bond motifs is 1. The van der Waals surface area contributed by atoms with Crippen LogP contribution in [0.3, 0.4) is 0 Å². The Bertz CT molecular complexity index is 922. The van der Waals surface area contributed by atoms with Crippen molar-refractivity contribution in [3.8, 4) is 5.69 Å². The van der Waals surface area contributed by atoms with E-state index in [1.807, 2.05) is 42.3 Å². The zero-order chi connectivity index (χ0) is 14.9. The van der Waals surface area contributed by atoms with Crippen molar-refractivity contribution < 1.29 is 0 Å². The first kappa shape index (κ1) is 12.7. The third-order valence-corrected chi connectivity index (χ3v) is 3.69. The highest BCUT2D eigenvalue weighted by Crippen LogP contribution is 2.21. The summed E-state index contributed by atoms with van der Waals surface area (Å²) in [4.78, 5) is 15.6. The van der Waals surface area contributed by atoms with Gasteiger partial charge >= 0.3 is 0 Å². The number of H-pyrrole nitrogens is 1. The molecule has 0 unspecified atom stereocenters. The molecule has 0 aliphatic rings. The highest BCUT2D eigenvalue weighted by molar-refractivity contribution is 5.84. The van der Waals surface area contributed by atoms with E-state index in [1.54, 1.807) is 12.5 Å². The molecule has 0 bridgehead atoms. The number of hydrogen-bond acceptors (Lipinski definition) is 4. The molecular formula is C16H14N6. The Kier molecular flexibility index (Phi) is 2.93. The van der Waals surface area contributed by atoms with Crippen molar-refractivity contribution in [1.82, 2.24) is 29.7 Å². The lowest BCUT2D eigenvalue weighted by atomic mass is 10.1. The fraction of sp³-hybridized carbons (Fsp3) is 0.125. The van der Waals surface area contributed by atoms with Crippen molar-refractivity contribution in [2.45, 2.75) is 13.3 Å². The topological polar surface area (TPSA) is 72.3 Å². The first-order valence-electron chi connectivity index (χ1n) is 7.03. The van der Waals surface area contributed by atoms with Crippen molar-refractivity contribution in [1.29, 1.82) is 0 Å². The molecule has 4 aromatic rings. The number of pyridine rings is 1. The monoisotopic (exact) mass is 290 g/mol. The summed E-state index contributed by atoms with van der Waals surface area (Å²) in [6.45, 7) is 2.02. The van der Waals surface area contributed by atoms with E-state index in [9.17, 15) is 0 Å². The summed E-state index contributed by atoms with van der Waals surface area (Å²) >= 11 is 0. The number of aromatic amines is 1.